The second kappa shape index (κ2) is 4.21. The average molecular weight is 286 g/mol. The Kier molecular flexibility index (Phi) is 2.50. The Bertz CT molecular complexity index is 745. The number of amidine groups is 1. The normalized spacial score (nSPS) is 18.1. The lowest BCUT2D eigenvalue weighted by molar-refractivity contribution is -0.104. The summed E-state index contributed by atoms with van der Waals surface area (Å²) in [6.45, 7) is 1.69. The van der Waals surface area contributed by atoms with Crippen molar-refractivity contribution in [2.75, 3.05) is 13.1 Å². The Morgan fingerprint density at radius 2 is 2.26 bits per heavy atom. The maximum absolute atomic E-state index is 11.3. The monoisotopic (exact) mass is 286 g/mol. The van der Waals surface area contributed by atoms with Gasteiger partial charge in [0.05, 0.1) is 17.1 Å². The minimum atomic E-state index is 0.771. The smallest absolute Gasteiger partial charge is 0.168 e. The van der Waals surface area contributed by atoms with Crippen molar-refractivity contribution in [1.82, 2.24) is 4.90 Å². The maximum Gasteiger partial charge on any atom is 0.168 e. The molecule has 0 fully saturated rings. The minimum absolute atomic E-state index is 0.771. The molecule has 2 aliphatic rings. The predicted octanol–water partition coefficient (Wildman–Crippen LogP) is 3.19. The third kappa shape index (κ3) is 1.65. The number of carbonyl (C=O) groups is 1. The topological polar surface area (TPSA) is 32.7 Å². The quantitative estimate of drug-likeness (QED) is 0.795. The van der Waals surface area contributed by atoms with E-state index in [1.54, 1.807) is 11.3 Å². The molecular formula is C14H10N2OS2. The molecule has 3 heterocycles. The lowest BCUT2D eigenvalue weighted by Gasteiger charge is -2.16. The van der Waals surface area contributed by atoms with Gasteiger partial charge in [-0.15, -0.1) is 11.3 Å². The van der Waals surface area contributed by atoms with Crippen molar-refractivity contribution in [3.63, 3.8) is 0 Å². The van der Waals surface area contributed by atoms with Crippen molar-refractivity contribution in [3.05, 3.63) is 40.1 Å². The molecular weight excluding hydrogens is 276 g/mol. The molecule has 0 N–H and O–H groups in total. The number of nitrogens with zero attached hydrogens (tertiary/aromatic N) is 2. The van der Waals surface area contributed by atoms with Gasteiger partial charge in [-0.3, -0.25) is 9.79 Å². The molecule has 19 heavy (non-hydrogen) atoms. The molecule has 0 radical (unpaired) electrons. The van der Waals surface area contributed by atoms with E-state index < -0.39 is 0 Å². The molecule has 0 saturated carbocycles. The average Bonchev–Trinajstić information content (AvgIpc) is 3.11. The van der Waals surface area contributed by atoms with Gasteiger partial charge in [-0.2, -0.15) is 0 Å². The van der Waals surface area contributed by atoms with Gasteiger partial charge >= 0.3 is 0 Å². The van der Waals surface area contributed by atoms with Crippen LogP contribution in [0.2, 0.25) is 0 Å². The number of rotatable bonds is 2. The number of carbonyl (C=O) groups excluding carboxylic acids is 1. The number of allylic oxidation sites excluding steroid dienone is 1. The summed E-state index contributed by atoms with van der Waals surface area (Å²) >= 11 is 3.22. The first-order valence-electron chi connectivity index (χ1n) is 6.04. The van der Waals surface area contributed by atoms with E-state index in [2.05, 4.69) is 39.5 Å². The van der Waals surface area contributed by atoms with Crippen molar-refractivity contribution < 1.29 is 4.79 Å². The van der Waals surface area contributed by atoms with E-state index in [0.29, 0.717) is 0 Å². The van der Waals surface area contributed by atoms with Gasteiger partial charge in [0.15, 0.2) is 11.5 Å². The lowest BCUT2D eigenvalue weighted by atomic mass is 10.1. The highest BCUT2D eigenvalue weighted by Crippen LogP contribution is 2.41. The second-order valence-electron chi connectivity index (χ2n) is 4.42. The Morgan fingerprint density at radius 3 is 3.16 bits per heavy atom. The summed E-state index contributed by atoms with van der Waals surface area (Å²) in [6.07, 6.45) is 0.943. The predicted molar refractivity (Wildman–Crippen MR) is 81.4 cm³/mol. The number of benzene rings is 1. The van der Waals surface area contributed by atoms with Gasteiger partial charge in [-0.05, 0) is 40.7 Å². The molecule has 0 saturated heterocycles. The van der Waals surface area contributed by atoms with E-state index in [-0.39, 0.29) is 0 Å². The van der Waals surface area contributed by atoms with Crippen LogP contribution in [0.5, 0.6) is 0 Å². The molecule has 1 aromatic heterocycles. The van der Waals surface area contributed by atoms with Crippen molar-refractivity contribution in [2.45, 2.75) is 0 Å². The summed E-state index contributed by atoms with van der Waals surface area (Å²) in [4.78, 5) is 18.6. The standard InChI is InChI=1S/C14H10N2OS2/c17-8-12-13(16-5-4-15-14(16)19-12)10-1-2-11-9(7-10)3-6-18-11/h1-3,6-8H,4-5H2. The Hall–Kier alpha value is -1.59. The molecule has 0 atom stereocenters. The third-order valence-corrected chi connectivity index (χ3v) is 5.28. The van der Waals surface area contributed by atoms with Crippen LogP contribution in [-0.2, 0) is 4.79 Å². The highest BCUT2D eigenvalue weighted by molar-refractivity contribution is 8.18. The van der Waals surface area contributed by atoms with Gasteiger partial charge in [-0.1, -0.05) is 6.07 Å². The van der Waals surface area contributed by atoms with Gasteiger partial charge in [0, 0.05) is 16.8 Å². The number of aldehydes is 1. The molecule has 2 aromatic rings. The van der Waals surface area contributed by atoms with Gasteiger partial charge < -0.3 is 4.90 Å². The number of aliphatic imine (C=N–C) groups is 1. The molecule has 0 aliphatic carbocycles. The van der Waals surface area contributed by atoms with E-state index in [9.17, 15) is 4.79 Å². The summed E-state index contributed by atoms with van der Waals surface area (Å²) in [5.74, 6) is 0. The molecule has 5 heteroatoms. The maximum atomic E-state index is 11.3. The molecule has 0 spiro atoms. The summed E-state index contributed by atoms with van der Waals surface area (Å²) in [5, 5.41) is 4.28. The third-order valence-electron chi connectivity index (χ3n) is 3.34. The lowest BCUT2D eigenvalue weighted by Crippen LogP contribution is -2.20. The highest BCUT2D eigenvalue weighted by Gasteiger charge is 2.32. The second-order valence-corrected chi connectivity index (χ2v) is 6.38. The molecule has 0 bridgehead atoms. The molecule has 1 aromatic carbocycles. The van der Waals surface area contributed by atoms with Crippen LogP contribution in [0.3, 0.4) is 0 Å². The largest absolute Gasteiger partial charge is 0.317 e. The van der Waals surface area contributed by atoms with Crippen LogP contribution >= 0.6 is 23.1 Å². The van der Waals surface area contributed by atoms with E-state index in [1.165, 1.54) is 21.8 Å². The Labute approximate surface area is 118 Å². The van der Waals surface area contributed by atoms with Gasteiger partial charge in [0.1, 0.15) is 0 Å². The van der Waals surface area contributed by atoms with E-state index in [1.807, 2.05) is 0 Å². The molecule has 3 nitrogen and oxygen atoms in total. The first kappa shape index (κ1) is 11.3. The number of hydrogen-bond acceptors (Lipinski definition) is 5. The van der Waals surface area contributed by atoms with Crippen LogP contribution in [0.4, 0.5) is 0 Å². The fourth-order valence-corrected chi connectivity index (χ4v) is 4.28. The number of thioether (sulfide) groups is 1. The van der Waals surface area contributed by atoms with Crippen LogP contribution in [-0.4, -0.2) is 29.4 Å². The molecule has 2 aliphatic heterocycles. The molecule has 4 rings (SSSR count). The highest BCUT2D eigenvalue weighted by atomic mass is 32.2. The number of hydrogen-bond donors (Lipinski definition) is 0. The van der Waals surface area contributed by atoms with Crippen molar-refractivity contribution in [1.29, 1.82) is 0 Å². The summed E-state index contributed by atoms with van der Waals surface area (Å²) in [6, 6.07) is 8.50. The Balaban J connectivity index is 1.89. The van der Waals surface area contributed by atoms with Gasteiger partial charge in [0.25, 0.3) is 0 Å². The van der Waals surface area contributed by atoms with E-state index in [4.69, 9.17) is 0 Å². The number of thiophene rings is 1. The zero-order valence-electron chi connectivity index (χ0n) is 10.00. The van der Waals surface area contributed by atoms with Gasteiger partial charge in [-0.25, -0.2) is 0 Å². The summed E-state index contributed by atoms with van der Waals surface area (Å²) in [7, 11) is 0. The zero-order chi connectivity index (χ0) is 12.8. The SMILES string of the molecule is O=CC1=C(c2ccc3sccc3c2)N2CCN=C2S1. The minimum Gasteiger partial charge on any atom is -0.317 e. The van der Waals surface area contributed by atoms with E-state index >= 15 is 0 Å². The van der Waals surface area contributed by atoms with Crippen LogP contribution in [0, 0.1) is 0 Å². The van der Waals surface area contributed by atoms with Crippen LogP contribution in [0.1, 0.15) is 5.56 Å². The fraction of sp³-hybridized carbons (Fsp3) is 0.143. The number of fused-ring (bicyclic) bond motifs is 2. The summed E-state index contributed by atoms with van der Waals surface area (Å²) < 4.78 is 1.28. The van der Waals surface area contributed by atoms with Crippen LogP contribution in [0.15, 0.2) is 39.5 Å². The van der Waals surface area contributed by atoms with Crippen molar-refractivity contribution in [3.8, 4) is 0 Å². The Morgan fingerprint density at radius 1 is 1.32 bits per heavy atom. The van der Waals surface area contributed by atoms with E-state index in [0.717, 1.165) is 40.7 Å². The first-order chi connectivity index (χ1) is 9.36. The molecule has 94 valence electrons. The van der Waals surface area contributed by atoms with Crippen molar-refractivity contribution in [2.24, 2.45) is 4.99 Å². The fourth-order valence-electron chi connectivity index (χ4n) is 2.49. The molecule has 0 amide bonds. The van der Waals surface area contributed by atoms with Crippen molar-refractivity contribution >= 4 is 50.3 Å². The molecule has 0 unspecified atom stereocenters. The van der Waals surface area contributed by atoms with Gasteiger partial charge in [0.2, 0.25) is 0 Å². The summed E-state index contributed by atoms with van der Waals surface area (Å²) in [5.41, 5.74) is 2.12. The van der Waals surface area contributed by atoms with Crippen LogP contribution < -0.4 is 0 Å². The first-order valence-corrected chi connectivity index (χ1v) is 7.73. The zero-order valence-corrected chi connectivity index (χ0v) is 11.6. The van der Waals surface area contributed by atoms with Crippen LogP contribution in [0.25, 0.3) is 15.8 Å².